The minimum Gasteiger partial charge on any atom is -0.489 e. The number of nitrogens with zero attached hydrogens (tertiary/aromatic N) is 3. The van der Waals surface area contributed by atoms with Crippen LogP contribution in [-0.2, 0) is 11.4 Å². The minimum absolute atomic E-state index is 0.0417. The molecule has 172 valence electrons. The fourth-order valence-electron chi connectivity index (χ4n) is 3.64. The van der Waals surface area contributed by atoms with Gasteiger partial charge in [-0.25, -0.2) is 4.39 Å². The standard InChI is InChI=1S/C25H20FN3O4S/c26-18-10-12-19(13-11-18)31-15-23-27-28-25(33-23)34-16-24(30)29-20-8-4-5-9-22(20)32-14-21(29)17-6-2-1-3-7-17/h1-13,21H,14-16H2. The van der Waals surface area contributed by atoms with Crippen LogP contribution >= 0.6 is 11.8 Å². The van der Waals surface area contributed by atoms with Gasteiger partial charge < -0.3 is 13.9 Å². The van der Waals surface area contributed by atoms with Crippen LogP contribution in [0.25, 0.3) is 0 Å². The average molecular weight is 478 g/mol. The topological polar surface area (TPSA) is 77.7 Å². The summed E-state index contributed by atoms with van der Waals surface area (Å²) >= 11 is 1.16. The molecule has 3 aromatic carbocycles. The van der Waals surface area contributed by atoms with Gasteiger partial charge in [-0.3, -0.25) is 9.69 Å². The lowest BCUT2D eigenvalue weighted by Gasteiger charge is -2.37. The second-order valence-corrected chi connectivity index (χ2v) is 8.39. The highest BCUT2D eigenvalue weighted by Gasteiger charge is 2.33. The monoisotopic (exact) mass is 477 g/mol. The molecule has 34 heavy (non-hydrogen) atoms. The third-order valence-corrected chi connectivity index (χ3v) is 6.03. The molecule has 1 atom stereocenters. The number of hydrogen-bond donors (Lipinski definition) is 0. The summed E-state index contributed by atoms with van der Waals surface area (Å²) < 4.78 is 30.1. The highest BCUT2D eigenvalue weighted by atomic mass is 32.2. The Hall–Kier alpha value is -3.85. The Bertz CT molecular complexity index is 1270. The maximum absolute atomic E-state index is 13.4. The number of halogens is 1. The zero-order valence-corrected chi connectivity index (χ0v) is 18.8. The molecule has 1 aromatic heterocycles. The van der Waals surface area contributed by atoms with Crippen LogP contribution in [0.4, 0.5) is 10.1 Å². The first-order valence-electron chi connectivity index (χ1n) is 10.6. The second-order valence-electron chi connectivity index (χ2n) is 7.46. The predicted molar refractivity (Wildman–Crippen MR) is 124 cm³/mol. The van der Waals surface area contributed by atoms with E-state index in [0.29, 0.717) is 18.1 Å². The lowest BCUT2D eigenvalue weighted by atomic mass is 10.0. The number of thioether (sulfide) groups is 1. The van der Waals surface area contributed by atoms with Gasteiger partial charge in [0.05, 0.1) is 17.5 Å². The Morgan fingerprint density at radius 2 is 1.79 bits per heavy atom. The highest BCUT2D eigenvalue weighted by molar-refractivity contribution is 7.99. The number of fused-ring (bicyclic) bond motifs is 1. The largest absolute Gasteiger partial charge is 0.489 e. The Balaban J connectivity index is 1.26. The number of amides is 1. The molecular weight excluding hydrogens is 457 g/mol. The molecule has 1 aliphatic rings. The van der Waals surface area contributed by atoms with Crippen molar-refractivity contribution in [1.82, 2.24) is 10.2 Å². The quantitative estimate of drug-likeness (QED) is 0.345. The van der Waals surface area contributed by atoms with Gasteiger partial charge in [-0.15, -0.1) is 10.2 Å². The van der Waals surface area contributed by atoms with Crippen LogP contribution in [0.3, 0.4) is 0 Å². The third-order valence-electron chi connectivity index (χ3n) is 5.23. The van der Waals surface area contributed by atoms with E-state index in [0.717, 1.165) is 23.0 Å². The first kappa shape index (κ1) is 22.0. The van der Waals surface area contributed by atoms with Crippen LogP contribution in [-0.4, -0.2) is 28.5 Å². The average Bonchev–Trinajstić information content (AvgIpc) is 3.34. The summed E-state index contributed by atoms with van der Waals surface area (Å²) in [5, 5.41) is 8.22. The maximum atomic E-state index is 13.4. The molecule has 4 aromatic rings. The molecule has 9 heteroatoms. The summed E-state index contributed by atoms with van der Waals surface area (Å²) in [6.45, 7) is 0.406. The van der Waals surface area contributed by atoms with Crippen molar-refractivity contribution in [3.63, 3.8) is 0 Å². The van der Waals surface area contributed by atoms with Gasteiger partial charge in [0.15, 0.2) is 6.61 Å². The van der Waals surface area contributed by atoms with Gasteiger partial charge >= 0.3 is 0 Å². The van der Waals surface area contributed by atoms with Crippen LogP contribution in [0.5, 0.6) is 11.5 Å². The van der Waals surface area contributed by atoms with E-state index in [1.807, 2.05) is 54.6 Å². The first-order valence-corrected chi connectivity index (χ1v) is 11.6. The molecule has 5 rings (SSSR count). The van der Waals surface area contributed by atoms with E-state index in [1.165, 1.54) is 24.3 Å². The van der Waals surface area contributed by atoms with Crippen molar-refractivity contribution in [2.45, 2.75) is 17.9 Å². The summed E-state index contributed by atoms with van der Waals surface area (Å²) in [6, 6.07) is 22.7. The Morgan fingerprint density at radius 1 is 1.03 bits per heavy atom. The lowest BCUT2D eigenvalue weighted by molar-refractivity contribution is -0.117. The molecule has 0 radical (unpaired) electrons. The number of carbonyl (C=O) groups excluding carboxylic acids is 1. The van der Waals surface area contributed by atoms with E-state index in [2.05, 4.69) is 10.2 Å². The summed E-state index contributed by atoms with van der Waals surface area (Å²) in [4.78, 5) is 15.1. The molecule has 2 heterocycles. The van der Waals surface area contributed by atoms with Crippen LogP contribution < -0.4 is 14.4 Å². The fourth-order valence-corrected chi connectivity index (χ4v) is 4.28. The molecule has 0 fully saturated rings. The first-order chi connectivity index (χ1) is 16.7. The van der Waals surface area contributed by atoms with Crippen molar-refractivity contribution < 1.29 is 23.1 Å². The van der Waals surface area contributed by atoms with Crippen LogP contribution in [0.15, 0.2) is 88.5 Å². The predicted octanol–water partition coefficient (Wildman–Crippen LogP) is 5.05. The van der Waals surface area contributed by atoms with Crippen LogP contribution in [0.1, 0.15) is 17.5 Å². The Morgan fingerprint density at radius 3 is 2.62 bits per heavy atom. The zero-order valence-electron chi connectivity index (χ0n) is 18.0. The van der Waals surface area contributed by atoms with Crippen molar-refractivity contribution in [2.24, 2.45) is 0 Å². The van der Waals surface area contributed by atoms with Crippen molar-refractivity contribution >= 4 is 23.4 Å². The summed E-state index contributed by atoms with van der Waals surface area (Å²) in [5.74, 6) is 1.09. The second kappa shape index (κ2) is 9.96. The van der Waals surface area contributed by atoms with E-state index in [9.17, 15) is 9.18 Å². The molecule has 1 amide bonds. The number of ether oxygens (including phenoxy) is 2. The van der Waals surface area contributed by atoms with Crippen molar-refractivity contribution in [3.8, 4) is 11.5 Å². The summed E-state index contributed by atoms with van der Waals surface area (Å²) in [7, 11) is 0. The smallest absolute Gasteiger partial charge is 0.277 e. The normalized spacial score (nSPS) is 14.9. The van der Waals surface area contributed by atoms with E-state index in [4.69, 9.17) is 13.9 Å². The van der Waals surface area contributed by atoms with E-state index < -0.39 is 0 Å². The molecule has 0 saturated heterocycles. The van der Waals surface area contributed by atoms with E-state index in [-0.39, 0.29) is 41.2 Å². The minimum atomic E-state index is -0.342. The molecule has 0 N–H and O–H groups in total. The van der Waals surface area contributed by atoms with Gasteiger partial charge in [0.1, 0.15) is 23.9 Å². The Kier molecular flexibility index (Phi) is 6.44. The number of aromatic nitrogens is 2. The molecule has 0 spiro atoms. The number of para-hydroxylation sites is 2. The van der Waals surface area contributed by atoms with Gasteiger partial charge in [0.25, 0.3) is 11.1 Å². The molecule has 1 aliphatic heterocycles. The Labute approximate surface area is 199 Å². The third kappa shape index (κ3) is 4.89. The molecule has 0 saturated carbocycles. The highest BCUT2D eigenvalue weighted by Crippen LogP contribution is 2.39. The number of anilines is 1. The van der Waals surface area contributed by atoms with Gasteiger partial charge in [0.2, 0.25) is 5.91 Å². The van der Waals surface area contributed by atoms with Gasteiger partial charge in [0, 0.05) is 0 Å². The molecular formula is C25H20FN3O4S. The van der Waals surface area contributed by atoms with E-state index in [1.54, 1.807) is 4.90 Å². The SMILES string of the molecule is O=C(CSc1nnc(COc2ccc(F)cc2)o1)N1c2ccccc2OCC1c1ccccc1. The number of hydrogen-bond acceptors (Lipinski definition) is 7. The van der Waals surface area contributed by atoms with Crippen molar-refractivity contribution in [2.75, 3.05) is 17.3 Å². The lowest BCUT2D eigenvalue weighted by Crippen LogP contribution is -2.42. The van der Waals surface area contributed by atoms with Gasteiger partial charge in [-0.05, 0) is 42.0 Å². The fraction of sp³-hybridized carbons (Fsp3) is 0.160. The molecule has 0 aliphatic carbocycles. The van der Waals surface area contributed by atoms with Gasteiger partial charge in [-0.2, -0.15) is 0 Å². The zero-order chi connectivity index (χ0) is 23.3. The van der Waals surface area contributed by atoms with Crippen molar-refractivity contribution in [3.05, 3.63) is 96.1 Å². The molecule has 1 unspecified atom stereocenters. The maximum Gasteiger partial charge on any atom is 0.277 e. The van der Waals surface area contributed by atoms with Crippen LogP contribution in [0, 0.1) is 5.82 Å². The number of rotatable bonds is 7. The molecule has 7 nitrogen and oxygen atoms in total. The van der Waals surface area contributed by atoms with Crippen molar-refractivity contribution in [1.29, 1.82) is 0 Å². The summed E-state index contributed by atoms with van der Waals surface area (Å²) in [5.41, 5.74) is 1.72. The summed E-state index contributed by atoms with van der Waals surface area (Å²) in [6.07, 6.45) is 0. The number of benzene rings is 3. The van der Waals surface area contributed by atoms with E-state index >= 15 is 0 Å². The molecule has 0 bridgehead atoms. The number of carbonyl (C=O) groups is 1. The van der Waals surface area contributed by atoms with Crippen LogP contribution in [0.2, 0.25) is 0 Å². The van der Waals surface area contributed by atoms with Gasteiger partial charge in [-0.1, -0.05) is 54.2 Å².